The maximum Gasteiger partial charge on any atom is -0.00189 e. The van der Waals surface area contributed by atoms with E-state index in [1.54, 1.807) is 0 Å². The monoisotopic (exact) mass is 311 g/mol. The molecule has 0 aliphatic carbocycles. The Morgan fingerprint density at radius 1 is 0.409 bits per heavy atom. The second kappa shape index (κ2) is 19.0. The minimum absolute atomic E-state index is 1.23. The van der Waals surface area contributed by atoms with Crippen molar-refractivity contribution in [3.8, 4) is 0 Å². The second-order valence-corrected chi connectivity index (χ2v) is 7.03. The van der Waals surface area contributed by atoms with Crippen LogP contribution in [-0.4, -0.2) is 24.5 Å². The molecule has 22 heavy (non-hydrogen) atoms. The van der Waals surface area contributed by atoms with Gasteiger partial charge in [0.25, 0.3) is 0 Å². The maximum atomic E-state index is 2.60. The highest BCUT2D eigenvalue weighted by Gasteiger charge is 1.99. The van der Waals surface area contributed by atoms with Crippen molar-refractivity contribution in [2.75, 3.05) is 19.6 Å². The van der Waals surface area contributed by atoms with Gasteiger partial charge in [-0.2, -0.15) is 0 Å². The van der Waals surface area contributed by atoms with E-state index in [9.17, 15) is 0 Å². The molecule has 0 aliphatic heterocycles. The SMILES string of the molecule is CCCCCCCCCCCCCCCCN(CC)CCC. The average molecular weight is 312 g/mol. The Morgan fingerprint density at radius 3 is 1.18 bits per heavy atom. The van der Waals surface area contributed by atoms with Crippen molar-refractivity contribution < 1.29 is 0 Å². The molecule has 0 amide bonds. The van der Waals surface area contributed by atoms with Crippen molar-refractivity contribution in [2.24, 2.45) is 0 Å². The highest BCUT2D eigenvalue weighted by Crippen LogP contribution is 2.13. The molecule has 0 bridgehead atoms. The van der Waals surface area contributed by atoms with Crippen LogP contribution in [0.2, 0.25) is 0 Å². The lowest BCUT2D eigenvalue weighted by atomic mass is 10.0. The Labute approximate surface area is 142 Å². The largest absolute Gasteiger partial charge is 0.304 e. The molecule has 1 heteroatoms. The van der Waals surface area contributed by atoms with E-state index in [2.05, 4.69) is 25.7 Å². The maximum absolute atomic E-state index is 2.60. The van der Waals surface area contributed by atoms with Crippen molar-refractivity contribution in [2.45, 2.75) is 117 Å². The lowest BCUT2D eigenvalue weighted by Crippen LogP contribution is -2.25. The van der Waals surface area contributed by atoms with E-state index < -0.39 is 0 Å². The molecule has 0 rings (SSSR count). The molecule has 0 heterocycles. The van der Waals surface area contributed by atoms with Gasteiger partial charge in [0, 0.05) is 0 Å². The first-order chi connectivity index (χ1) is 10.8. The highest BCUT2D eigenvalue weighted by molar-refractivity contribution is 4.55. The standard InChI is InChI=1S/C21H45N/c1-4-7-8-9-10-11-12-13-14-15-16-17-18-19-21-22(6-3)20-5-2/h4-21H2,1-3H3. The zero-order valence-corrected chi connectivity index (χ0v) is 16.2. The Balaban J connectivity index is 3.08. The zero-order chi connectivity index (χ0) is 16.3. The summed E-state index contributed by atoms with van der Waals surface area (Å²) in [6, 6.07) is 0. The Hall–Kier alpha value is -0.0400. The average Bonchev–Trinajstić information content (AvgIpc) is 2.54. The number of hydrogen-bond acceptors (Lipinski definition) is 1. The molecule has 0 saturated carbocycles. The van der Waals surface area contributed by atoms with Crippen LogP contribution in [0.3, 0.4) is 0 Å². The summed E-state index contributed by atoms with van der Waals surface area (Å²) < 4.78 is 0. The first kappa shape index (κ1) is 22.0. The Kier molecular flexibility index (Phi) is 19.0. The molecule has 0 atom stereocenters. The molecule has 134 valence electrons. The third kappa shape index (κ3) is 16.3. The number of unbranched alkanes of at least 4 members (excludes halogenated alkanes) is 13. The van der Waals surface area contributed by atoms with Gasteiger partial charge in [0.2, 0.25) is 0 Å². The summed E-state index contributed by atoms with van der Waals surface area (Å²) in [5.41, 5.74) is 0. The van der Waals surface area contributed by atoms with Gasteiger partial charge in [-0.25, -0.2) is 0 Å². The van der Waals surface area contributed by atoms with Gasteiger partial charge in [0.15, 0.2) is 0 Å². The fourth-order valence-corrected chi connectivity index (χ4v) is 3.27. The van der Waals surface area contributed by atoms with Crippen LogP contribution in [0.15, 0.2) is 0 Å². The van der Waals surface area contributed by atoms with Gasteiger partial charge in [-0.05, 0) is 32.5 Å². The quantitative estimate of drug-likeness (QED) is 0.242. The minimum atomic E-state index is 1.23. The molecule has 0 radical (unpaired) electrons. The van der Waals surface area contributed by atoms with Gasteiger partial charge >= 0.3 is 0 Å². The summed E-state index contributed by atoms with van der Waals surface area (Å²) >= 11 is 0. The van der Waals surface area contributed by atoms with Crippen LogP contribution >= 0.6 is 0 Å². The normalized spacial score (nSPS) is 11.5. The van der Waals surface area contributed by atoms with Gasteiger partial charge < -0.3 is 4.90 Å². The van der Waals surface area contributed by atoms with E-state index in [-0.39, 0.29) is 0 Å². The molecule has 0 aromatic heterocycles. The Bertz CT molecular complexity index is 190. The molecule has 0 fully saturated rings. The first-order valence-electron chi connectivity index (χ1n) is 10.6. The molecule has 1 nitrogen and oxygen atoms in total. The molecular formula is C21H45N. The van der Waals surface area contributed by atoms with E-state index in [4.69, 9.17) is 0 Å². The van der Waals surface area contributed by atoms with E-state index in [1.165, 1.54) is 116 Å². The van der Waals surface area contributed by atoms with Crippen LogP contribution in [0.25, 0.3) is 0 Å². The van der Waals surface area contributed by atoms with Crippen LogP contribution in [0.5, 0.6) is 0 Å². The summed E-state index contributed by atoms with van der Waals surface area (Å²) in [6.07, 6.45) is 21.7. The number of hydrogen-bond donors (Lipinski definition) is 0. The smallest absolute Gasteiger partial charge is 0.00189 e. The summed E-state index contributed by atoms with van der Waals surface area (Å²) in [5, 5.41) is 0. The van der Waals surface area contributed by atoms with Gasteiger partial charge in [0.05, 0.1) is 0 Å². The summed E-state index contributed by atoms with van der Waals surface area (Å²) in [6.45, 7) is 10.7. The molecule has 0 aromatic carbocycles. The van der Waals surface area contributed by atoms with Crippen LogP contribution in [0.1, 0.15) is 117 Å². The minimum Gasteiger partial charge on any atom is -0.304 e. The van der Waals surface area contributed by atoms with Crippen LogP contribution in [0, 0.1) is 0 Å². The highest BCUT2D eigenvalue weighted by atomic mass is 15.1. The predicted octanol–water partition coefficient (Wildman–Crippen LogP) is 7.20. The lowest BCUT2D eigenvalue weighted by molar-refractivity contribution is 0.281. The third-order valence-electron chi connectivity index (χ3n) is 4.81. The van der Waals surface area contributed by atoms with Crippen LogP contribution in [0.4, 0.5) is 0 Å². The van der Waals surface area contributed by atoms with Crippen molar-refractivity contribution in [1.82, 2.24) is 4.90 Å². The van der Waals surface area contributed by atoms with Gasteiger partial charge in [-0.1, -0.05) is 104 Å². The second-order valence-electron chi connectivity index (χ2n) is 7.03. The molecular weight excluding hydrogens is 266 g/mol. The molecule has 0 spiro atoms. The summed E-state index contributed by atoms with van der Waals surface area (Å²) in [4.78, 5) is 2.60. The van der Waals surface area contributed by atoms with Crippen LogP contribution in [-0.2, 0) is 0 Å². The molecule has 0 unspecified atom stereocenters. The fourth-order valence-electron chi connectivity index (χ4n) is 3.27. The predicted molar refractivity (Wildman–Crippen MR) is 103 cm³/mol. The zero-order valence-electron chi connectivity index (χ0n) is 16.2. The van der Waals surface area contributed by atoms with Crippen molar-refractivity contribution >= 4 is 0 Å². The van der Waals surface area contributed by atoms with Gasteiger partial charge in [-0.15, -0.1) is 0 Å². The number of nitrogens with zero attached hydrogens (tertiary/aromatic N) is 1. The molecule has 0 aliphatic rings. The van der Waals surface area contributed by atoms with Crippen molar-refractivity contribution in [3.05, 3.63) is 0 Å². The van der Waals surface area contributed by atoms with Crippen LogP contribution < -0.4 is 0 Å². The van der Waals surface area contributed by atoms with E-state index in [0.717, 1.165) is 0 Å². The topological polar surface area (TPSA) is 3.24 Å². The van der Waals surface area contributed by atoms with E-state index >= 15 is 0 Å². The van der Waals surface area contributed by atoms with Gasteiger partial charge in [0.1, 0.15) is 0 Å². The number of rotatable bonds is 18. The Morgan fingerprint density at radius 2 is 0.818 bits per heavy atom. The fraction of sp³-hybridized carbons (Fsp3) is 1.00. The third-order valence-corrected chi connectivity index (χ3v) is 4.81. The summed E-state index contributed by atoms with van der Waals surface area (Å²) in [7, 11) is 0. The molecule has 0 N–H and O–H groups in total. The van der Waals surface area contributed by atoms with E-state index in [0.29, 0.717) is 0 Å². The lowest BCUT2D eigenvalue weighted by Gasteiger charge is -2.19. The van der Waals surface area contributed by atoms with E-state index in [1.807, 2.05) is 0 Å². The summed E-state index contributed by atoms with van der Waals surface area (Å²) in [5.74, 6) is 0. The van der Waals surface area contributed by atoms with Gasteiger partial charge in [-0.3, -0.25) is 0 Å². The molecule has 0 saturated heterocycles. The first-order valence-corrected chi connectivity index (χ1v) is 10.6. The van der Waals surface area contributed by atoms with Crippen molar-refractivity contribution in [1.29, 1.82) is 0 Å². The van der Waals surface area contributed by atoms with Crippen molar-refractivity contribution in [3.63, 3.8) is 0 Å². The molecule has 0 aromatic rings.